The zero-order chi connectivity index (χ0) is 21.2. The van der Waals surface area contributed by atoms with Crippen LogP contribution in [0.25, 0.3) is 0 Å². The number of hydrogen-bond donors (Lipinski definition) is 2. The van der Waals surface area contributed by atoms with E-state index in [0.717, 1.165) is 62.2 Å². The molecule has 1 saturated heterocycles. The number of piperidine rings is 1. The molecule has 29 heavy (non-hydrogen) atoms. The van der Waals surface area contributed by atoms with E-state index in [1.54, 1.807) is 0 Å². The third-order valence-electron chi connectivity index (χ3n) is 7.72. The van der Waals surface area contributed by atoms with Gasteiger partial charge >= 0.3 is 0 Å². The minimum absolute atomic E-state index is 0.0143. The number of aliphatic hydroxyl groups is 1. The Balaban J connectivity index is 1.55. The van der Waals surface area contributed by atoms with Crippen molar-refractivity contribution < 1.29 is 9.90 Å². The Morgan fingerprint density at radius 3 is 2.62 bits per heavy atom. The lowest BCUT2D eigenvalue weighted by Crippen LogP contribution is -2.54. The van der Waals surface area contributed by atoms with Crippen LogP contribution in [0.1, 0.15) is 72.6 Å². The Morgan fingerprint density at radius 1 is 1.31 bits per heavy atom. The van der Waals surface area contributed by atoms with Crippen LogP contribution in [0.5, 0.6) is 0 Å². The molecular formula is C24H41ClN2O2. The van der Waals surface area contributed by atoms with Crippen LogP contribution >= 0.6 is 11.6 Å². The minimum atomic E-state index is -0.299. The van der Waals surface area contributed by atoms with E-state index in [-0.39, 0.29) is 29.4 Å². The molecule has 0 aromatic rings. The summed E-state index contributed by atoms with van der Waals surface area (Å²) in [6.07, 6.45) is 8.76. The highest BCUT2D eigenvalue weighted by Crippen LogP contribution is 2.45. The van der Waals surface area contributed by atoms with Crippen LogP contribution in [0.15, 0.2) is 11.1 Å². The van der Waals surface area contributed by atoms with Gasteiger partial charge in [0.1, 0.15) is 0 Å². The van der Waals surface area contributed by atoms with Gasteiger partial charge in [-0.05, 0) is 74.7 Å². The summed E-state index contributed by atoms with van der Waals surface area (Å²) in [5, 5.41) is 14.1. The summed E-state index contributed by atoms with van der Waals surface area (Å²) in [5.41, 5.74) is 0.279. The molecule has 0 radical (unpaired) electrons. The standard InChI is InChI=1S/C24H41ClN2O2/c1-16(2)22(26-23(29)18-7-10-20(28)13-18)14-27-12-11-21(24(3,4)15-27)17-5-8-19(25)9-6-17/h8,16-18,20-22,28H,5-7,9-15H2,1-4H3,(H,26,29)/t17?,18-,20+,21?,22+/m1/s1. The van der Waals surface area contributed by atoms with Gasteiger partial charge in [0.15, 0.2) is 0 Å². The third kappa shape index (κ3) is 5.98. The zero-order valence-corrected chi connectivity index (χ0v) is 19.5. The van der Waals surface area contributed by atoms with Gasteiger partial charge in [0.05, 0.1) is 6.10 Å². The molecule has 0 aromatic carbocycles. The second-order valence-corrected chi connectivity index (χ2v) is 11.3. The molecule has 5 atom stereocenters. The average Bonchev–Trinajstić information content (AvgIpc) is 3.08. The molecular weight excluding hydrogens is 384 g/mol. The summed E-state index contributed by atoms with van der Waals surface area (Å²) in [6, 6.07) is 0.170. The summed E-state index contributed by atoms with van der Waals surface area (Å²) in [5.74, 6) is 2.02. The molecule has 3 rings (SSSR count). The van der Waals surface area contributed by atoms with Crippen molar-refractivity contribution in [1.29, 1.82) is 0 Å². The van der Waals surface area contributed by atoms with E-state index < -0.39 is 0 Å². The van der Waals surface area contributed by atoms with Crippen LogP contribution in [0.4, 0.5) is 0 Å². The molecule has 2 N–H and O–H groups in total. The van der Waals surface area contributed by atoms with Crippen molar-refractivity contribution in [3.8, 4) is 0 Å². The zero-order valence-electron chi connectivity index (χ0n) is 18.8. The van der Waals surface area contributed by atoms with Gasteiger partial charge < -0.3 is 15.3 Å². The second-order valence-electron chi connectivity index (χ2n) is 10.8. The van der Waals surface area contributed by atoms with Crippen molar-refractivity contribution in [3.05, 3.63) is 11.1 Å². The van der Waals surface area contributed by atoms with Gasteiger partial charge in [0, 0.05) is 30.1 Å². The Bertz CT molecular complexity index is 604. The first kappa shape index (κ1) is 23.1. The molecule has 5 heteroatoms. The highest BCUT2D eigenvalue weighted by Gasteiger charge is 2.41. The quantitative estimate of drug-likeness (QED) is 0.657. The fourth-order valence-corrected chi connectivity index (χ4v) is 6.10. The smallest absolute Gasteiger partial charge is 0.223 e. The molecule has 2 aliphatic carbocycles. The van der Waals surface area contributed by atoms with E-state index in [4.69, 9.17) is 11.6 Å². The first-order chi connectivity index (χ1) is 13.7. The van der Waals surface area contributed by atoms with Gasteiger partial charge in [0.25, 0.3) is 0 Å². The summed E-state index contributed by atoms with van der Waals surface area (Å²) in [7, 11) is 0. The summed E-state index contributed by atoms with van der Waals surface area (Å²) in [6.45, 7) is 12.4. The highest BCUT2D eigenvalue weighted by atomic mass is 35.5. The predicted octanol–water partition coefficient (Wildman–Crippen LogP) is 4.56. The maximum absolute atomic E-state index is 12.7. The third-order valence-corrected chi connectivity index (χ3v) is 8.06. The van der Waals surface area contributed by atoms with Crippen molar-refractivity contribution in [1.82, 2.24) is 10.2 Å². The van der Waals surface area contributed by atoms with Crippen LogP contribution in [0, 0.1) is 29.1 Å². The van der Waals surface area contributed by atoms with Crippen molar-refractivity contribution >= 4 is 17.5 Å². The van der Waals surface area contributed by atoms with Crippen molar-refractivity contribution in [2.24, 2.45) is 29.1 Å². The largest absolute Gasteiger partial charge is 0.393 e. The van der Waals surface area contributed by atoms with E-state index in [1.165, 1.54) is 12.8 Å². The minimum Gasteiger partial charge on any atom is -0.393 e. The lowest BCUT2D eigenvalue weighted by molar-refractivity contribution is -0.126. The monoisotopic (exact) mass is 424 g/mol. The van der Waals surface area contributed by atoms with Crippen LogP contribution in [0.3, 0.4) is 0 Å². The molecule has 1 saturated carbocycles. The highest BCUT2D eigenvalue weighted by molar-refractivity contribution is 6.29. The second kappa shape index (κ2) is 9.70. The number of hydrogen-bond acceptors (Lipinski definition) is 3. The van der Waals surface area contributed by atoms with Crippen molar-refractivity contribution in [2.75, 3.05) is 19.6 Å². The van der Waals surface area contributed by atoms with E-state index >= 15 is 0 Å². The Hall–Kier alpha value is -0.580. The maximum Gasteiger partial charge on any atom is 0.223 e. The Labute approximate surface area is 182 Å². The van der Waals surface area contributed by atoms with E-state index in [0.29, 0.717) is 12.3 Å². The fraction of sp³-hybridized carbons (Fsp3) is 0.875. The average molecular weight is 425 g/mol. The predicted molar refractivity (Wildman–Crippen MR) is 120 cm³/mol. The molecule has 3 aliphatic rings. The number of rotatable bonds is 6. The Kier molecular flexibility index (Phi) is 7.72. The molecule has 0 aromatic heterocycles. The molecule has 2 fully saturated rings. The molecule has 0 bridgehead atoms. The summed E-state index contributed by atoms with van der Waals surface area (Å²) >= 11 is 6.20. The molecule has 0 spiro atoms. The number of likely N-dealkylation sites (tertiary alicyclic amines) is 1. The number of nitrogens with one attached hydrogen (secondary N) is 1. The van der Waals surface area contributed by atoms with E-state index in [2.05, 4.69) is 44.0 Å². The molecule has 2 unspecified atom stereocenters. The first-order valence-electron chi connectivity index (χ1n) is 11.7. The molecule has 1 amide bonds. The van der Waals surface area contributed by atoms with Gasteiger partial charge in [-0.15, -0.1) is 0 Å². The maximum atomic E-state index is 12.7. The lowest BCUT2D eigenvalue weighted by Gasteiger charge is -2.49. The van der Waals surface area contributed by atoms with Crippen LogP contribution < -0.4 is 5.32 Å². The Morgan fingerprint density at radius 2 is 2.07 bits per heavy atom. The van der Waals surface area contributed by atoms with Gasteiger partial charge in [0.2, 0.25) is 5.91 Å². The number of carbonyl (C=O) groups is 1. The lowest BCUT2D eigenvalue weighted by atomic mass is 9.65. The van der Waals surface area contributed by atoms with Gasteiger partial charge in [-0.2, -0.15) is 0 Å². The van der Waals surface area contributed by atoms with Crippen molar-refractivity contribution in [3.63, 3.8) is 0 Å². The number of halogens is 1. The summed E-state index contributed by atoms with van der Waals surface area (Å²) < 4.78 is 0. The van der Waals surface area contributed by atoms with Gasteiger partial charge in [-0.3, -0.25) is 4.79 Å². The topological polar surface area (TPSA) is 52.6 Å². The molecule has 1 heterocycles. The van der Waals surface area contributed by atoms with E-state index in [1.807, 2.05) is 0 Å². The molecule has 4 nitrogen and oxygen atoms in total. The van der Waals surface area contributed by atoms with Crippen LogP contribution in [-0.2, 0) is 4.79 Å². The normalized spacial score (nSPS) is 34.1. The molecule has 166 valence electrons. The number of allylic oxidation sites excluding steroid dienone is 2. The number of carbonyl (C=O) groups excluding carboxylic acids is 1. The number of amides is 1. The SMILES string of the molecule is CC(C)[C@H](CN1CCC(C2CC=C(Cl)CC2)C(C)(C)C1)NC(=O)[C@@H]1CC[C@H](O)C1. The van der Waals surface area contributed by atoms with Crippen LogP contribution in [0.2, 0.25) is 0 Å². The van der Waals surface area contributed by atoms with Gasteiger partial charge in [-0.25, -0.2) is 0 Å². The summed E-state index contributed by atoms with van der Waals surface area (Å²) in [4.78, 5) is 15.3. The van der Waals surface area contributed by atoms with Crippen molar-refractivity contribution in [2.45, 2.75) is 84.8 Å². The van der Waals surface area contributed by atoms with Crippen LogP contribution in [-0.4, -0.2) is 47.7 Å². The van der Waals surface area contributed by atoms with E-state index in [9.17, 15) is 9.90 Å². The number of nitrogens with zero attached hydrogens (tertiary/aromatic N) is 1. The molecule has 1 aliphatic heterocycles. The fourth-order valence-electron chi connectivity index (χ4n) is 5.90. The number of aliphatic hydroxyl groups excluding tert-OH is 1. The first-order valence-corrected chi connectivity index (χ1v) is 12.1. The van der Waals surface area contributed by atoms with Gasteiger partial charge in [-0.1, -0.05) is 45.4 Å².